The molecule has 0 aliphatic rings. The van der Waals surface area contributed by atoms with Gasteiger partial charge in [0.05, 0.1) is 29.6 Å². The highest BCUT2D eigenvalue weighted by Crippen LogP contribution is 2.33. The molecule has 2 aromatic heterocycles. The summed E-state index contributed by atoms with van der Waals surface area (Å²) in [5.74, 6) is 0.472. The van der Waals surface area contributed by atoms with E-state index in [0.717, 1.165) is 11.3 Å². The first kappa shape index (κ1) is 22.5. The number of rotatable bonds is 8. The smallest absolute Gasteiger partial charge is 0.256 e. The van der Waals surface area contributed by atoms with Crippen molar-refractivity contribution in [2.45, 2.75) is 10.6 Å². The zero-order chi connectivity index (χ0) is 23.4. The maximum atomic E-state index is 12.7. The normalized spacial score (nSPS) is 11.2. The van der Waals surface area contributed by atoms with Gasteiger partial charge in [-0.05, 0) is 66.7 Å². The Morgan fingerprint density at radius 1 is 1.15 bits per heavy atom. The van der Waals surface area contributed by atoms with Crippen molar-refractivity contribution in [1.82, 2.24) is 4.98 Å². The Labute approximate surface area is 195 Å². The maximum Gasteiger partial charge on any atom is 0.256 e. The molecule has 0 fully saturated rings. The third-order valence-electron chi connectivity index (χ3n) is 4.83. The lowest BCUT2D eigenvalue weighted by Crippen LogP contribution is -2.23. The number of hydrogen-bond acceptors (Lipinski definition) is 7. The summed E-state index contributed by atoms with van der Waals surface area (Å²) >= 11 is 1.30. The molecule has 1 amide bonds. The van der Waals surface area contributed by atoms with Crippen LogP contribution in [0.2, 0.25) is 0 Å². The summed E-state index contributed by atoms with van der Waals surface area (Å²) in [6.45, 7) is 3.58. The van der Waals surface area contributed by atoms with Crippen molar-refractivity contribution < 1.29 is 22.4 Å². The Hall–Kier alpha value is -3.69. The van der Waals surface area contributed by atoms with Gasteiger partial charge in [-0.15, -0.1) is 11.3 Å². The summed E-state index contributed by atoms with van der Waals surface area (Å²) in [5.41, 5.74) is 2.06. The van der Waals surface area contributed by atoms with Gasteiger partial charge in [0.2, 0.25) is 0 Å². The average Bonchev–Trinajstić information content (AvgIpc) is 3.52. The van der Waals surface area contributed by atoms with E-state index in [1.807, 2.05) is 29.6 Å². The Bertz CT molecular complexity index is 1360. The fourth-order valence-electron chi connectivity index (χ4n) is 3.15. The molecule has 0 atom stereocenters. The predicted molar refractivity (Wildman–Crippen MR) is 127 cm³/mol. The van der Waals surface area contributed by atoms with Gasteiger partial charge in [0, 0.05) is 10.9 Å². The molecule has 0 saturated carbocycles. The number of furan rings is 1. The summed E-state index contributed by atoms with van der Waals surface area (Å²) in [6.07, 6.45) is 2.62. The molecule has 2 heterocycles. The van der Waals surface area contributed by atoms with E-state index in [9.17, 15) is 13.2 Å². The topological polar surface area (TPSA) is 89.7 Å². The van der Waals surface area contributed by atoms with Gasteiger partial charge in [0.15, 0.2) is 15.0 Å². The third-order valence-corrected chi connectivity index (χ3v) is 7.31. The first-order valence-corrected chi connectivity index (χ1v) is 12.4. The second-order valence-corrected chi connectivity index (χ2v) is 9.78. The van der Waals surface area contributed by atoms with Crippen molar-refractivity contribution >= 4 is 37.9 Å². The van der Waals surface area contributed by atoms with Crippen LogP contribution in [-0.2, 0) is 20.4 Å². The van der Waals surface area contributed by atoms with Crippen LogP contribution in [-0.4, -0.2) is 26.4 Å². The minimum atomic E-state index is -3.59. The number of anilines is 2. The molecule has 0 aliphatic heterocycles. The molecule has 0 radical (unpaired) electrons. The van der Waals surface area contributed by atoms with Gasteiger partial charge in [-0.25, -0.2) is 13.4 Å². The van der Waals surface area contributed by atoms with Crippen molar-refractivity contribution in [1.29, 1.82) is 0 Å². The molecule has 0 bridgehead atoms. The van der Waals surface area contributed by atoms with Crippen LogP contribution in [0.15, 0.2) is 94.3 Å². The van der Waals surface area contributed by atoms with Crippen molar-refractivity contribution in [2.24, 2.45) is 0 Å². The average molecular weight is 481 g/mol. The molecule has 168 valence electrons. The molecule has 0 saturated heterocycles. The molecule has 33 heavy (non-hydrogen) atoms. The lowest BCUT2D eigenvalue weighted by atomic mass is 10.2. The highest BCUT2D eigenvalue weighted by atomic mass is 32.2. The zero-order valence-corrected chi connectivity index (χ0v) is 19.3. The van der Waals surface area contributed by atoms with E-state index in [1.165, 1.54) is 40.7 Å². The van der Waals surface area contributed by atoms with Crippen molar-refractivity contribution in [3.05, 3.63) is 90.7 Å². The highest BCUT2D eigenvalue weighted by molar-refractivity contribution is 7.90. The molecule has 0 spiro atoms. The SMILES string of the molecule is C=CC(=O)N(c1ccc(S(=O)(=O)Cc2ccco2)cc1)c1nc(-c2ccc(OC)cc2)cs1. The number of hydrogen-bond donors (Lipinski definition) is 0. The Morgan fingerprint density at radius 3 is 2.48 bits per heavy atom. The van der Waals surface area contributed by atoms with Crippen LogP contribution in [0, 0.1) is 0 Å². The van der Waals surface area contributed by atoms with E-state index < -0.39 is 9.84 Å². The second-order valence-electron chi connectivity index (χ2n) is 6.95. The first-order valence-electron chi connectivity index (χ1n) is 9.83. The van der Waals surface area contributed by atoms with E-state index in [4.69, 9.17) is 9.15 Å². The summed E-state index contributed by atoms with van der Waals surface area (Å²) in [5, 5.41) is 2.29. The molecule has 0 unspecified atom stereocenters. The van der Waals surface area contributed by atoms with Crippen molar-refractivity contribution in [2.75, 3.05) is 12.0 Å². The lowest BCUT2D eigenvalue weighted by molar-refractivity contribution is -0.113. The van der Waals surface area contributed by atoms with Crippen LogP contribution >= 0.6 is 11.3 Å². The number of sulfone groups is 1. The maximum absolute atomic E-state index is 12.7. The van der Waals surface area contributed by atoms with Crippen LogP contribution in [0.4, 0.5) is 10.8 Å². The quantitative estimate of drug-likeness (QED) is 0.321. The van der Waals surface area contributed by atoms with Gasteiger partial charge in [0.1, 0.15) is 17.3 Å². The molecule has 7 nitrogen and oxygen atoms in total. The molecular formula is C24H20N2O5S2. The minimum Gasteiger partial charge on any atom is -0.497 e. The molecular weight excluding hydrogens is 460 g/mol. The molecule has 2 aromatic carbocycles. The van der Waals surface area contributed by atoms with Crippen LogP contribution in [0.25, 0.3) is 11.3 Å². The Balaban J connectivity index is 1.62. The molecule has 4 aromatic rings. The molecule has 0 N–H and O–H groups in total. The van der Waals surface area contributed by atoms with Gasteiger partial charge >= 0.3 is 0 Å². The van der Waals surface area contributed by atoms with Gasteiger partial charge in [-0.3, -0.25) is 9.69 Å². The van der Waals surface area contributed by atoms with Gasteiger partial charge in [0.25, 0.3) is 5.91 Å². The monoisotopic (exact) mass is 480 g/mol. The number of amides is 1. The van der Waals surface area contributed by atoms with Crippen molar-refractivity contribution in [3.63, 3.8) is 0 Å². The largest absolute Gasteiger partial charge is 0.497 e. The van der Waals surface area contributed by atoms with Gasteiger partial charge in [-0.2, -0.15) is 0 Å². The molecule has 0 aliphatic carbocycles. The van der Waals surface area contributed by atoms with Gasteiger partial charge in [-0.1, -0.05) is 6.58 Å². The number of carbonyl (C=O) groups excluding carboxylic acids is 1. The summed E-state index contributed by atoms with van der Waals surface area (Å²) in [4.78, 5) is 18.8. The lowest BCUT2D eigenvalue weighted by Gasteiger charge is -2.18. The summed E-state index contributed by atoms with van der Waals surface area (Å²) in [6, 6.07) is 16.8. The second kappa shape index (κ2) is 9.43. The van der Waals surface area contributed by atoms with E-state index in [0.29, 0.717) is 22.3 Å². The van der Waals surface area contributed by atoms with Crippen LogP contribution in [0.5, 0.6) is 5.75 Å². The van der Waals surface area contributed by atoms with Crippen molar-refractivity contribution in [3.8, 4) is 17.0 Å². The van der Waals surface area contributed by atoms with Gasteiger partial charge < -0.3 is 9.15 Å². The van der Waals surface area contributed by atoms with Crippen LogP contribution in [0.3, 0.4) is 0 Å². The third kappa shape index (κ3) is 4.89. The fourth-order valence-corrected chi connectivity index (χ4v) is 5.27. The number of methoxy groups -OCH3 is 1. The summed E-state index contributed by atoms with van der Waals surface area (Å²) < 4.78 is 35.7. The molecule has 4 rings (SSSR count). The van der Waals surface area contributed by atoms with E-state index in [1.54, 1.807) is 31.4 Å². The predicted octanol–water partition coefficient (Wildman–Crippen LogP) is 5.24. The van der Waals surface area contributed by atoms with E-state index >= 15 is 0 Å². The van der Waals surface area contributed by atoms with Crippen LogP contribution in [0.1, 0.15) is 5.76 Å². The number of carbonyl (C=O) groups is 1. The standard InChI is InChI=1S/C24H20N2O5S2/c1-3-23(27)26(24-25-22(15-32-24)17-6-10-19(30-2)11-7-17)18-8-12-21(13-9-18)33(28,29)16-20-5-4-14-31-20/h3-15H,1,16H2,2H3. The highest BCUT2D eigenvalue weighted by Gasteiger charge is 2.22. The Morgan fingerprint density at radius 2 is 1.88 bits per heavy atom. The number of aromatic nitrogens is 1. The number of ether oxygens (including phenoxy) is 1. The first-order chi connectivity index (χ1) is 15.9. The number of nitrogens with zero attached hydrogens (tertiary/aromatic N) is 2. The summed E-state index contributed by atoms with van der Waals surface area (Å²) in [7, 11) is -2.00. The van der Waals surface area contributed by atoms with E-state index in [2.05, 4.69) is 11.6 Å². The zero-order valence-electron chi connectivity index (χ0n) is 17.7. The minimum absolute atomic E-state index is 0.131. The van der Waals surface area contributed by atoms with Crippen LogP contribution < -0.4 is 9.64 Å². The van der Waals surface area contributed by atoms with E-state index in [-0.39, 0.29) is 16.6 Å². The Kier molecular flexibility index (Phi) is 6.43. The molecule has 9 heteroatoms. The number of thiazole rings is 1. The number of benzene rings is 2. The fraction of sp³-hybridized carbons (Fsp3) is 0.0833.